The molecule has 2 unspecified atom stereocenters. The van der Waals surface area contributed by atoms with E-state index in [1.165, 1.54) is 0 Å². The second-order valence-electron chi connectivity index (χ2n) is 2.21. The highest BCUT2D eigenvalue weighted by Crippen LogP contribution is 2.15. The smallest absolute Gasteiger partial charge is 0.283 e. The van der Waals surface area contributed by atoms with Gasteiger partial charge < -0.3 is 0 Å². The molecule has 2 atom stereocenters. The van der Waals surface area contributed by atoms with Crippen LogP contribution in [0.25, 0.3) is 0 Å². The molecular formula is C5H9F3O3S. The van der Waals surface area contributed by atoms with Crippen molar-refractivity contribution in [3.63, 3.8) is 0 Å². The summed E-state index contributed by atoms with van der Waals surface area (Å²) in [5, 5.41) is 0. The standard InChI is InChI=1S/C5H9F3O3S/c6-3-1-2-4(7)5(8)12(9,10)11/h4-5H,1-3H2,(H,9,10,11). The molecule has 0 heterocycles. The van der Waals surface area contributed by atoms with E-state index >= 15 is 0 Å². The van der Waals surface area contributed by atoms with Crippen molar-refractivity contribution >= 4 is 10.1 Å². The van der Waals surface area contributed by atoms with Crippen LogP contribution in [-0.2, 0) is 10.1 Å². The van der Waals surface area contributed by atoms with E-state index in [-0.39, 0.29) is 6.42 Å². The summed E-state index contributed by atoms with van der Waals surface area (Å²) in [6.07, 6.45) is -3.19. The maximum atomic E-state index is 12.4. The molecule has 0 spiro atoms. The lowest BCUT2D eigenvalue weighted by molar-refractivity contribution is 0.197. The second kappa shape index (κ2) is 4.66. The Morgan fingerprint density at radius 1 is 1.33 bits per heavy atom. The van der Waals surface area contributed by atoms with Gasteiger partial charge in [0.05, 0.1) is 6.67 Å². The summed E-state index contributed by atoms with van der Waals surface area (Å²) < 4.78 is 64.1. The predicted molar refractivity (Wildman–Crippen MR) is 36.5 cm³/mol. The third-order valence-corrected chi connectivity index (χ3v) is 2.05. The first-order valence-electron chi connectivity index (χ1n) is 3.20. The number of rotatable bonds is 5. The number of hydrogen-bond donors (Lipinski definition) is 1. The van der Waals surface area contributed by atoms with Crippen LogP contribution in [0.3, 0.4) is 0 Å². The lowest BCUT2D eigenvalue weighted by atomic mass is 10.2. The van der Waals surface area contributed by atoms with Crippen LogP contribution in [0.4, 0.5) is 13.2 Å². The average Bonchev–Trinajstić information content (AvgIpc) is 1.97. The van der Waals surface area contributed by atoms with Gasteiger partial charge in [-0.25, -0.2) is 8.78 Å². The van der Waals surface area contributed by atoms with Crippen LogP contribution >= 0.6 is 0 Å². The predicted octanol–water partition coefficient (Wildman–Crippen LogP) is 1.26. The minimum absolute atomic E-state index is 0.267. The maximum Gasteiger partial charge on any atom is 0.300 e. The molecule has 0 aromatic heterocycles. The highest BCUT2D eigenvalue weighted by atomic mass is 32.2. The molecule has 0 bridgehead atoms. The molecule has 12 heavy (non-hydrogen) atoms. The third-order valence-electron chi connectivity index (χ3n) is 1.18. The topological polar surface area (TPSA) is 54.4 Å². The second-order valence-corrected chi connectivity index (χ2v) is 3.69. The average molecular weight is 206 g/mol. The van der Waals surface area contributed by atoms with Gasteiger partial charge in [-0.05, 0) is 12.8 Å². The van der Waals surface area contributed by atoms with Gasteiger partial charge in [0.15, 0.2) is 0 Å². The van der Waals surface area contributed by atoms with Crippen LogP contribution in [0.15, 0.2) is 0 Å². The van der Waals surface area contributed by atoms with Crippen molar-refractivity contribution in [1.29, 1.82) is 0 Å². The molecule has 0 fully saturated rings. The number of hydrogen-bond acceptors (Lipinski definition) is 2. The lowest BCUT2D eigenvalue weighted by Gasteiger charge is -2.08. The molecular weight excluding hydrogens is 197 g/mol. The van der Waals surface area contributed by atoms with Crippen molar-refractivity contribution in [3.05, 3.63) is 0 Å². The van der Waals surface area contributed by atoms with Gasteiger partial charge in [0.2, 0.25) is 0 Å². The Labute approximate surface area is 68.3 Å². The van der Waals surface area contributed by atoms with Crippen LogP contribution in [0.2, 0.25) is 0 Å². The van der Waals surface area contributed by atoms with E-state index in [0.717, 1.165) is 0 Å². The van der Waals surface area contributed by atoms with Crippen molar-refractivity contribution in [1.82, 2.24) is 0 Å². The Kier molecular flexibility index (Phi) is 4.54. The van der Waals surface area contributed by atoms with E-state index < -0.39 is 34.9 Å². The molecule has 0 amide bonds. The molecule has 74 valence electrons. The van der Waals surface area contributed by atoms with Gasteiger partial charge >= 0.3 is 10.1 Å². The monoisotopic (exact) mass is 206 g/mol. The first kappa shape index (κ1) is 11.7. The first-order chi connectivity index (χ1) is 5.39. The molecule has 0 saturated heterocycles. The van der Waals surface area contributed by atoms with Gasteiger partial charge in [-0.2, -0.15) is 8.42 Å². The quantitative estimate of drug-likeness (QED) is 0.689. The van der Waals surface area contributed by atoms with E-state index in [1.807, 2.05) is 0 Å². The van der Waals surface area contributed by atoms with Gasteiger partial charge in [0.25, 0.3) is 5.50 Å². The molecule has 0 aliphatic carbocycles. The molecule has 7 heteroatoms. The van der Waals surface area contributed by atoms with Gasteiger partial charge in [0.1, 0.15) is 6.17 Å². The molecule has 0 aliphatic heterocycles. The summed E-state index contributed by atoms with van der Waals surface area (Å²) >= 11 is 0. The van der Waals surface area contributed by atoms with E-state index in [9.17, 15) is 21.6 Å². The molecule has 3 nitrogen and oxygen atoms in total. The van der Waals surface area contributed by atoms with Gasteiger partial charge in [-0.1, -0.05) is 0 Å². The summed E-state index contributed by atoms with van der Waals surface area (Å²) in [5.74, 6) is 0. The fraction of sp³-hybridized carbons (Fsp3) is 1.00. The van der Waals surface area contributed by atoms with E-state index in [2.05, 4.69) is 0 Å². The fourth-order valence-electron chi connectivity index (χ4n) is 0.590. The molecule has 0 radical (unpaired) electrons. The largest absolute Gasteiger partial charge is 0.300 e. The number of halogens is 3. The minimum Gasteiger partial charge on any atom is -0.283 e. The third kappa shape index (κ3) is 3.91. The van der Waals surface area contributed by atoms with Crippen molar-refractivity contribution in [2.24, 2.45) is 0 Å². The van der Waals surface area contributed by atoms with Crippen molar-refractivity contribution in [3.8, 4) is 0 Å². The zero-order valence-corrected chi connectivity index (χ0v) is 6.90. The van der Waals surface area contributed by atoms with Crippen molar-refractivity contribution < 1.29 is 26.1 Å². The van der Waals surface area contributed by atoms with Crippen LogP contribution < -0.4 is 0 Å². The summed E-state index contributed by atoms with van der Waals surface area (Å²) in [6, 6.07) is 0. The Bertz CT molecular complexity index is 216. The Morgan fingerprint density at radius 3 is 2.17 bits per heavy atom. The first-order valence-corrected chi connectivity index (χ1v) is 4.70. The van der Waals surface area contributed by atoms with Crippen LogP contribution in [0, 0.1) is 0 Å². The van der Waals surface area contributed by atoms with Crippen LogP contribution in [0.5, 0.6) is 0 Å². The van der Waals surface area contributed by atoms with Crippen molar-refractivity contribution in [2.75, 3.05) is 6.67 Å². The summed E-state index contributed by atoms with van der Waals surface area (Å²) in [7, 11) is -5.00. The minimum atomic E-state index is -5.00. The normalized spacial score (nSPS) is 17.3. The zero-order chi connectivity index (χ0) is 9.78. The van der Waals surface area contributed by atoms with Gasteiger partial charge in [-0.3, -0.25) is 8.94 Å². The lowest BCUT2D eigenvalue weighted by Crippen LogP contribution is -2.26. The van der Waals surface area contributed by atoms with E-state index in [0.29, 0.717) is 0 Å². The van der Waals surface area contributed by atoms with Crippen molar-refractivity contribution in [2.45, 2.75) is 24.5 Å². The van der Waals surface area contributed by atoms with Crippen LogP contribution in [-0.4, -0.2) is 31.3 Å². The summed E-state index contributed by atoms with van der Waals surface area (Å²) in [5.41, 5.74) is -2.97. The molecule has 0 aromatic carbocycles. The highest BCUT2D eigenvalue weighted by molar-refractivity contribution is 7.86. The van der Waals surface area contributed by atoms with Gasteiger partial charge in [-0.15, -0.1) is 0 Å². The summed E-state index contributed by atoms with van der Waals surface area (Å²) in [6.45, 7) is -0.849. The van der Waals surface area contributed by atoms with E-state index in [1.54, 1.807) is 0 Å². The number of alkyl halides is 3. The molecule has 0 aromatic rings. The van der Waals surface area contributed by atoms with Crippen LogP contribution in [0.1, 0.15) is 12.8 Å². The molecule has 1 N–H and O–H groups in total. The molecule has 0 saturated carbocycles. The maximum absolute atomic E-state index is 12.4. The Hall–Kier alpha value is -0.300. The SMILES string of the molecule is O=S(=O)(O)C(F)C(F)CCCF. The molecule has 0 rings (SSSR count). The Morgan fingerprint density at radius 2 is 1.83 bits per heavy atom. The Balaban J connectivity index is 4.02. The highest BCUT2D eigenvalue weighted by Gasteiger charge is 2.31. The van der Waals surface area contributed by atoms with E-state index in [4.69, 9.17) is 4.55 Å². The van der Waals surface area contributed by atoms with Gasteiger partial charge in [0, 0.05) is 0 Å². The fourth-order valence-corrected chi connectivity index (χ4v) is 1.10. The zero-order valence-electron chi connectivity index (χ0n) is 6.08. The summed E-state index contributed by atoms with van der Waals surface area (Å²) in [4.78, 5) is 0. The molecule has 0 aliphatic rings.